The van der Waals surface area contributed by atoms with Gasteiger partial charge in [-0.05, 0) is 23.8 Å². The van der Waals surface area contributed by atoms with Crippen LogP contribution in [0.5, 0.6) is 0 Å². The van der Waals surface area contributed by atoms with Crippen molar-refractivity contribution in [2.24, 2.45) is 5.41 Å². The Kier molecular flexibility index (Phi) is 6.88. The van der Waals surface area contributed by atoms with E-state index in [0.717, 1.165) is 71.9 Å². The van der Waals surface area contributed by atoms with Crippen molar-refractivity contribution in [2.75, 3.05) is 59.1 Å². The zero-order valence-corrected chi connectivity index (χ0v) is 16.0. The van der Waals surface area contributed by atoms with E-state index in [0.29, 0.717) is 11.5 Å². The third-order valence-corrected chi connectivity index (χ3v) is 5.23. The van der Waals surface area contributed by atoms with Crippen molar-refractivity contribution >= 4 is 0 Å². The number of rotatable bonds is 7. The van der Waals surface area contributed by atoms with Crippen LogP contribution in [0.2, 0.25) is 0 Å². The van der Waals surface area contributed by atoms with Crippen molar-refractivity contribution in [3.63, 3.8) is 0 Å². The first kappa shape index (κ1) is 18.8. The minimum Gasteiger partial charge on any atom is -0.379 e. The molecule has 25 heavy (non-hydrogen) atoms. The Hall–Kier alpha value is -0.940. The molecule has 0 aliphatic carbocycles. The summed E-state index contributed by atoms with van der Waals surface area (Å²) in [4.78, 5) is 5.16. The molecule has 0 aromatic heterocycles. The van der Waals surface area contributed by atoms with Gasteiger partial charge < -0.3 is 9.47 Å². The number of hydrogen-bond acceptors (Lipinski definition) is 4. The number of ether oxygens (including phenoxy) is 2. The van der Waals surface area contributed by atoms with E-state index in [2.05, 4.69) is 54.0 Å². The standard InChI is InChI=1S/C21H34N2O2/c1-21(2,17-22-10-13-24-14-11-22)18-23-12-15-25-20(16-23)9-8-19-6-4-3-5-7-19/h3-7,20H,8-18H2,1-2H3. The SMILES string of the molecule is CC(C)(CN1CCOCC1)CN1CCOC(CCc2ccccc2)C1. The first-order valence-electron chi connectivity index (χ1n) is 9.79. The van der Waals surface area contributed by atoms with Crippen LogP contribution in [0.4, 0.5) is 0 Å². The Bertz CT molecular complexity index is 500. The average molecular weight is 347 g/mol. The van der Waals surface area contributed by atoms with Crippen molar-refractivity contribution in [2.45, 2.75) is 32.8 Å². The fourth-order valence-electron chi connectivity index (χ4n) is 4.09. The molecule has 2 saturated heterocycles. The van der Waals surface area contributed by atoms with E-state index in [4.69, 9.17) is 9.47 Å². The first-order chi connectivity index (χ1) is 12.1. The van der Waals surface area contributed by atoms with Gasteiger partial charge in [0.15, 0.2) is 0 Å². The second-order valence-corrected chi connectivity index (χ2v) is 8.30. The largest absolute Gasteiger partial charge is 0.379 e. The summed E-state index contributed by atoms with van der Waals surface area (Å²) in [6, 6.07) is 10.8. The van der Waals surface area contributed by atoms with Gasteiger partial charge >= 0.3 is 0 Å². The summed E-state index contributed by atoms with van der Waals surface area (Å²) in [6.45, 7) is 14.0. The molecule has 2 fully saturated rings. The topological polar surface area (TPSA) is 24.9 Å². The molecular weight excluding hydrogens is 312 g/mol. The van der Waals surface area contributed by atoms with Crippen LogP contribution in [-0.4, -0.2) is 75.0 Å². The molecule has 1 aromatic carbocycles. The van der Waals surface area contributed by atoms with E-state index in [1.807, 2.05) is 0 Å². The monoisotopic (exact) mass is 346 g/mol. The Morgan fingerprint density at radius 3 is 2.40 bits per heavy atom. The molecule has 0 radical (unpaired) electrons. The molecule has 0 N–H and O–H groups in total. The summed E-state index contributed by atoms with van der Waals surface area (Å²) in [5, 5.41) is 0. The summed E-state index contributed by atoms with van der Waals surface area (Å²) in [6.07, 6.45) is 2.59. The molecule has 4 heteroatoms. The molecule has 0 bridgehead atoms. The molecule has 3 rings (SSSR count). The van der Waals surface area contributed by atoms with Crippen molar-refractivity contribution in [3.8, 4) is 0 Å². The molecular formula is C21H34N2O2. The normalized spacial score (nSPS) is 23.7. The summed E-state index contributed by atoms with van der Waals surface area (Å²) in [5.74, 6) is 0. The van der Waals surface area contributed by atoms with Crippen LogP contribution in [0.15, 0.2) is 30.3 Å². The molecule has 2 heterocycles. The molecule has 1 atom stereocenters. The third kappa shape index (κ3) is 6.37. The van der Waals surface area contributed by atoms with Gasteiger partial charge in [0.25, 0.3) is 0 Å². The fourth-order valence-corrected chi connectivity index (χ4v) is 4.09. The average Bonchev–Trinajstić information content (AvgIpc) is 2.61. The lowest BCUT2D eigenvalue weighted by atomic mass is 9.91. The van der Waals surface area contributed by atoms with E-state index in [1.165, 1.54) is 5.56 Å². The molecule has 2 aliphatic rings. The lowest BCUT2D eigenvalue weighted by molar-refractivity contribution is -0.0471. The molecule has 1 aromatic rings. The van der Waals surface area contributed by atoms with Gasteiger partial charge in [0.1, 0.15) is 0 Å². The smallest absolute Gasteiger partial charge is 0.0705 e. The van der Waals surface area contributed by atoms with Crippen LogP contribution in [0.25, 0.3) is 0 Å². The lowest BCUT2D eigenvalue weighted by Gasteiger charge is -2.40. The highest BCUT2D eigenvalue weighted by Crippen LogP contribution is 2.22. The van der Waals surface area contributed by atoms with Gasteiger partial charge in [-0.2, -0.15) is 0 Å². The van der Waals surface area contributed by atoms with Crippen LogP contribution in [0, 0.1) is 5.41 Å². The second kappa shape index (κ2) is 9.13. The maximum atomic E-state index is 6.03. The summed E-state index contributed by atoms with van der Waals surface area (Å²) < 4.78 is 11.5. The minimum absolute atomic E-state index is 0.304. The Morgan fingerprint density at radius 2 is 1.64 bits per heavy atom. The highest BCUT2D eigenvalue weighted by atomic mass is 16.5. The first-order valence-corrected chi connectivity index (χ1v) is 9.79. The van der Waals surface area contributed by atoms with E-state index < -0.39 is 0 Å². The van der Waals surface area contributed by atoms with Crippen molar-refractivity contribution < 1.29 is 9.47 Å². The van der Waals surface area contributed by atoms with Crippen LogP contribution in [0.1, 0.15) is 25.8 Å². The molecule has 140 valence electrons. The highest BCUT2D eigenvalue weighted by molar-refractivity contribution is 5.14. The van der Waals surface area contributed by atoms with Gasteiger partial charge in [-0.1, -0.05) is 44.2 Å². The van der Waals surface area contributed by atoms with Gasteiger partial charge in [-0.3, -0.25) is 9.80 Å². The van der Waals surface area contributed by atoms with Gasteiger partial charge in [0.05, 0.1) is 25.9 Å². The lowest BCUT2D eigenvalue weighted by Crippen LogP contribution is -2.50. The number of aryl methyl sites for hydroxylation is 1. The predicted molar refractivity (Wildman–Crippen MR) is 102 cm³/mol. The molecule has 4 nitrogen and oxygen atoms in total. The zero-order valence-electron chi connectivity index (χ0n) is 16.0. The van der Waals surface area contributed by atoms with E-state index in [1.54, 1.807) is 0 Å². The zero-order chi connectivity index (χ0) is 17.5. The molecule has 1 unspecified atom stereocenters. The summed E-state index contributed by atoms with van der Waals surface area (Å²) >= 11 is 0. The van der Waals surface area contributed by atoms with Gasteiger partial charge in [0, 0.05) is 39.3 Å². The van der Waals surface area contributed by atoms with Crippen LogP contribution in [0.3, 0.4) is 0 Å². The van der Waals surface area contributed by atoms with Gasteiger partial charge in [0.2, 0.25) is 0 Å². The van der Waals surface area contributed by atoms with Gasteiger partial charge in [-0.15, -0.1) is 0 Å². The van der Waals surface area contributed by atoms with E-state index >= 15 is 0 Å². The molecule has 0 amide bonds. The Morgan fingerprint density at radius 1 is 0.960 bits per heavy atom. The fraction of sp³-hybridized carbons (Fsp3) is 0.714. The molecule has 2 aliphatic heterocycles. The quantitative estimate of drug-likeness (QED) is 0.758. The second-order valence-electron chi connectivity index (χ2n) is 8.30. The maximum Gasteiger partial charge on any atom is 0.0705 e. The third-order valence-electron chi connectivity index (χ3n) is 5.23. The predicted octanol–water partition coefficient (Wildman–Crippen LogP) is 2.68. The highest BCUT2D eigenvalue weighted by Gasteiger charge is 2.28. The molecule has 0 spiro atoms. The van der Waals surface area contributed by atoms with Crippen LogP contribution in [-0.2, 0) is 15.9 Å². The van der Waals surface area contributed by atoms with E-state index in [9.17, 15) is 0 Å². The summed E-state index contributed by atoms with van der Waals surface area (Å²) in [5.41, 5.74) is 1.72. The van der Waals surface area contributed by atoms with Crippen molar-refractivity contribution in [1.29, 1.82) is 0 Å². The minimum atomic E-state index is 0.304. The maximum absolute atomic E-state index is 6.03. The van der Waals surface area contributed by atoms with Crippen molar-refractivity contribution in [3.05, 3.63) is 35.9 Å². The Labute approximate surface area is 153 Å². The van der Waals surface area contributed by atoms with Crippen LogP contribution >= 0.6 is 0 Å². The number of hydrogen-bond donors (Lipinski definition) is 0. The Balaban J connectivity index is 1.43. The number of benzene rings is 1. The van der Waals surface area contributed by atoms with Crippen LogP contribution < -0.4 is 0 Å². The number of nitrogens with zero attached hydrogens (tertiary/aromatic N) is 2. The van der Waals surface area contributed by atoms with E-state index in [-0.39, 0.29) is 0 Å². The number of morpholine rings is 2. The van der Waals surface area contributed by atoms with Gasteiger partial charge in [-0.25, -0.2) is 0 Å². The summed E-state index contributed by atoms with van der Waals surface area (Å²) in [7, 11) is 0. The van der Waals surface area contributed by atoms with Crippen molar-refractivity contribution in [1.82, 2.24) is 9.80 Å². The molecule has 0 saturated carbocycles.